The van der Waals surface area contributed by atoms with E-state index in [0.29, 0.717) is 19.5 Å². The van der Waals surface area contributed by atoms with E-state index in [4.69, 9.17) is 5.73 Å². The highest BCUT2D eigenvalue weighted by Gasteiger charge is 2.33. The van der Waals surface area contributed by atoms with Gasteiger partial charge in [0.1, 0.15) is 6.04 Å². The molecular formula is C21H41N3O2. The molecule has 1 heterocycles. The van der Waals surface area contributed by atoms with Crippen LogP contribution in [0.1, 0.15) is 96.8 Å². The summed E-state index contributed by atoms with van der Waals surface area (Å²) >= 11 is 0. The summed E-state index contributed by atoms with van der Waals surface area (Å²) in [5.41, 5.74) is 5.48. The second kappa shape index (κ2) is 15.0. The van der Waals surface area contributed by atoms with Gasteiger partial charge >= 0.3 is 0 Å². The fourth-order valence-corrected chi connectivity index (χ4v) is 3.67. The van der Waals surface area contributed by atoms with E-state index in [-0.39, 0.29) is 17.9 Å². The molecule has 0 radical (unpaired) electrons. The van der Waals surface area contributed by atoms with E-state index in [1.54, 1.807) is 0 Å². The van der Waals surface area contributed by atoms with Crippen LogP contribution in [0.3, 0.4) is 0 Å². The number of nitrogens with two attached hydrogens (primary N) is 1. The molecule has 1 aliphatic heterocycles. The SMILES string of the molecule is CCCCCCCCCCC(=O)N1CCC[C@H]1C(=O)NCCCCCN. The average molecular weight is 368 g/mol. The van der Waals surface area contributed by atoms with Crippen molar-refractivity contribution < 1.29 is 9.59 Å². The van der Waals surface area contributed by atoms with E-state index in [2.05, 4.69) is 12.2 Å². The zero-order chi connectivity index (χ0) is 19.0. The average Bonchev–Trinajstić information content (AvgIpc) is 3.13. The Morgan fingerprint density at radius 3 is 2.31 bits per heavy atom. The van der Waals surface area contributed by atoms with E-state index in [0.717, 1.165) is 51.5 Å². The Morgan fingerprint density at radius 1 is 0.962 bits per heavy atom. The first kappa shape index (κ1) is 22.9. The lowest BCUT2D eigenvalue weighted by Crippen LogP contribution is -2.46. The number of hydrogen-bond donors (Lipinski definition) is 2. The number of likely N-dealkylation sites (tertiary alicyclic amines) is 1. The molecule has 0 aromatic heterocycles. The van der Waals surface area contributed by atoms with Crippen molar-refractivity contribution in [1.82, 2.24) is 10.2 Å². The third-order valence-corrected chi connectivity index (χ3v) is 5.30. The smallest absolute Gasteiger partial charge is 0.242 e. The summed E-state index contributed by atoms with van der Waals surface area (Å²) in [6.45, 7) is 4.37. The Hall–Kier alpha value is -1.10. The number of hydrogen-bond acceptors (Lipinski definition) is 3. The lowest BCUT2D eigenvalue weighted by molar-refractivity contribution is -0.138. The summed E-state index contributed by atoms with van der Waals surface area (Å²) in [7, 11) is 0. The van der Waals surface area contributed by atoms with E-state index < -0.39 is 0 Å². The fourth-order valence-electron chi connectivity index (χ4n) is 3.67. The largest absolute Gasteiger partial charge is 0.354 e. The predicted octanol–water partition coefficient (Wildman–Crippen LogP) is 3.75. The number of carbonyl (C=O) groups excluding carboxylic acids is 2. The van der Waals surface area contributed by atoms with Crippen molar-refractivity contribution in [3.8, 4) is 0 Å². The molecule has 0 aromatic rings. The molecule has 5 nitrogen and oxygen atoms in total. The van der Waals surface area contributed by atoms with Gasteiger partial charge in [0.05, 0.1) is 0 Å². The minimum Gasteiger partial charge on any atom is -0.354 e. The normalized spacial score (nSPS) is 16.8. The molecule has 1 atom stereocenters. The number of amides is 2. The van der Waals surface area contributed by atoms with Gasteiger partial charge in [-0.2, -0.15) is 0 Å². The lowest BCUT2D eigenvalue weighted by Gasteiger charge is -2.24. The Balaban J connectivity index is 2.16. The van der Waals surface area contributed by atoms with Gasteiger partial charge < -0.3 is 16.0 Å². The summed E-state index contributed by atoms with van der Waals surface area (Å²) in [5, 5.41) is 3.00. The number of nitrogens with one attached hydrogen (secondary N) is 1. The van der Waals surface area contributed by atoms with Gasteiger partial charge in [-0.3, -0.25) is 9.59 Å². The first-order valence-corrected chi connectivity index (χ1v) is 11.0. The van der Waals surface area contributed by atoms with Crippen molar-refractivity contribution >= 4 is 11.8 Å². The molecule has 1 fully saturated rings. The van der Waals surface area contributed by atoms with Gasteiger partial charge in [-0.15, -0.1) is 0 Å². The van der Waals surface area contributed by atoms with Crippen LogP contribution < -0.4 is 11.1 Å². The van der Waals surface area contributed by atoms with Crippen LogP contribution in [0.25, 0.3) is 0 Å². The molecule has 1 rings (SSSR count). The monoisotopic (exact) mass is 367 g/mol. The van der Waals surface area contributed by atoms with Gasteiger partial charge in [0.15, 0.2) is 0 Å². The third-order valence-electron chi connectivity index (χ3n) is 5.30. The van der Waals surface area contributed by atoms with Crippen LogP contribution in [0.5, 0.6) is 0 Å². The van der Waals surface area contributed by atoms with Gasteiger partial charge in [-0.25, -0.2) is 0 Å². The zero-order valence-corrected chi connectivity index (χ0v) is 16.9. The first-order chi connectivity index (χ1) is 12.7. The van der Waals surface area contributed by atoms with Crippen molar-refractivity contribution in [2.24, 2.45) is 5.73 Å². The maximum Gasteiger partial charge on any atom is 0.242 e. The molecule has 0 unspecified atom stereocenters. The molecule has 1 saturated heterocycles. The van der Waals surface area contributed by atoms with Crippen LogP contribution in [0.2, 0.25) is 0 Å². The van der Waals surface area contributed by atoms with Crippen molar-refractivity contribution in [3.63, 3.8) is 0 Å². The maximum absolute atomic E-state index is 12.5. The van der Waals surface area contributed by atoms with Crippen LogP contribution in [0, 0.1) is 0 Å². The summed E-state index contributed by atoms with van der Waals surface area (Å²) in [5.74, 6) is 0.191. The van der Waals surface area contributed by atoms with Gasteiger partial charge in [0.2, 0.25) is 11.8 Å². The summed E-state index contributed by atoms with van der Waals surface area (Å²) < 4.78 is 0. The van der Waals surface area contributed by atoms with Crippen LogP contribution in [0.4, 0.5) is 0 Å². The van der Waals surface area contributed by atoms with Crippen molar-refractivity contribution in [1.29, 1.82) is 0 Å². The van der Waals surface area contributed by atoms with Crippen molar-refractivity contribution in [2.45, 2.75) is 103 Å². The molecule has 152 valence electrons. The summed E-state index contributed by atoms with van der Waals surface area (Å²) in [4.78, 5) is 26.7. The second-order valence-corrected chi connectivity index (χ2v) is 7.61. The fraction of sp³-hybridized carbons (Fsp3) is 0.905. The Morgan fingerprint density at radius 2 is 1.62 bits per heavy atom. The predicted molar refractivity (Wildman–Crippen MR) is 108 cm³/mol. The third kappa shape index (κ3) is 9.56. The van der Waals surface area contributed by atoms with E-state index in [1.165, 1.54) is 38.5 Å². The van der Waals surface area contributed by atoms with Gasteiger partial charge in [-0.1, -0.05) is 58.3 Å². The van der Waals surface area contributed by atoms with Crippen molar-refractivity contribution in [2.75, 3.05) is 19.6 Å². The van der Waals surface area contributed by atoms with Gasteiger partial charge in [-0.05, 0) is 38.6 Å². The maximum atomic E-state index is 12.5. The number of rotatable bonds is 15. The summed E-state index contributed by atoms with van der Waals surface area (Å²) in [6, 6.07) is -0.244. The standard InChI is InChI=1S/C21H41N3O2/c1-2-3-4-5-6-7-8-10-15-20(25)24-18-13-14-19(24)21(26)23-17-12-9-11-16-22/h19H,2-18,22H2,1H3,(H,23,26)/t19-/m0/s1. The molecule has 3 N–H and O–H groups in total. The van der Waals surface area contributed by atoms with Crippen LogP contribution >= 0.6 is 0 Å². The highest BCUT2D eigenvalue weighted by molar-refractivity contribution is 5.88. The molecule has 0 saturated carbocycles. The minimum atomic E-state index is -0.244. The van der Waals surface area contributed by atoms with E-state index in [9.17, 15) is 9.59 Å². The lowest BCUT2D eigenvalue weighted by atomic mass is 10.1. The molecule has 0 bridgehead atoms. The Bertz CT molecular complexity index is 387. The molecule has 1 aliphatic rings. The number of nitrogens with zero attached hydrogens (tertiary/aromatic N) is 1. The molecule has 0 aliphatic carbocycles. The van der Waals surface area contributed by atoms with Crippen LogP contribution in [-0.4, -0.2) is 42.4 Å². The van der Waals surface area contributed by atoms with E-state index in [1.807, 2.05) is 4.90 Å². The molecule has 0 spiro atoms. The van der Waals surface area contributed by atoms with Crippen LogP contribution in [-0.2, 0) is 9.59 Å². The van der Waals surface area contributed by atoms with Gasteiger partial charge in [0.25, 0.3) is 0 Å². The molecule has 2 amide bonds. The first-order valence-electron chi connectivity index (χ1n) is 11.0. The second-order valence-electron chi connectivity index (χ2n) is 7.61. The minimum absolute atomic E-state index is 0.0273. The highest BCUT2D eigenvalue weighted by Crippen LogP contribution is 2.20. The number of unbranched alkanes of at least 4 members (excludes halogenated alkanes) is 9. The van der Waals surface area contributed by atoms with Gasteiger partial charge in [0, 0.05) is 19.5 Å². The summed E-state index contributed by atoms with van der Waals surface area (Å²) in [6.07, 6.45) is 15.2. The highest BCUT2D eigenvalue weighted by atomic mass is 16.2. The Labute approximate surface area is 160 Å². The molecule has 5 heteroatoms. The molecular weight excluding hydrogens is 326 g/mol. The molecule has 26 heavy (non-hydrogen) atoms. The molecule has 0 aromatic carbocycles. The quantitative estimate of drug-likeness (QED) is 0.433. The van der Waals surface area contributed by atoms with E-state index >= 15 is 0 Å². The van der Waals surface area contributed by atoms with Crippen LogP contribution in [0.15, 0.2) is 0 Å². The zero-order valence-electron chi connectivity index (χ0n) is 16.9. The topological polar surface area (TPSA) is 75.4 Å². The Kier molecular flexibility index (Phi) is 13.2. The van der Waals surface area contributed by atoms with Crippen molar-refractivity contribution in [3.05, 3.63) is 0 Å². The number of carbonyl (C=O) groups is 2.